The second-order valence-electron chi connectivity index (χ2n) is 7.88. The van der Waals surface area contributed by atoms with E-state index in [1.165, 1.54) is 6.26 Å². The van der Waals surface area contributed by atoms with E-state index in [-0.39, 0.29) is 18.4 Å². The maximum absolute atomic E-state index is 13.1. The van der Waals surface area contributed by atoms with Crippen LogP contribution in [0.4, 0.5) is 29.0 Å². The Labute approximate surface area is 200 Å². The topological polar surface area (TPSA) is 168 Å². The maximum Gasteiger partial charge on any atom is 0.245 e. The molecular formula is C23H24N10O2. The number of nitrogens with zero attached hydrogens (tertiary/aromatic N) is 6. The third kappa shape index (κ3) is 4.36. The quantitative estimate of drug-likeness (QED) is 0.260. The third-order valence-electron chi connectivity index (χ3n) is 5.30. The summed E-state index contributed by atoms with van der Waals surface area (Å²) in [7, 11) is 0. The van der Waals surface area contributed by atoms with E-state index in [9.17, 15) is 4.79 Å². The van der Waals surface area contributed by atoms with Crippen molar-refractivity contribution < 1.29 is 9.21 Å². The first kappa shape index (κ1) is 21.9. The molecule has 0 spiro atoms. The zero-order valence-electron chi connectivity index (χ0n) is 19.2. The van der Waals surface area contributed by atoms with Gasteiger partial charge in [-0.05, 0) is 50.2 Å². The van der Waals surface area contributed by atoms with Crippen LogP contribution in [0.25, 0.3) is 22.7 Å². The van der Waals surface area contributed by atoms with Crippen LogP contribution < -0.4 is 22.1 Å². The van der Waals surface area contributed by atoms with Gasteiger partial charge in [0.15, 0.2) is 28.6 Å². The van der Waals surface area contributed by atoms with Gasteiger partial charge in [0.2, 0.25) is 11.9 Å². The Morgan fingerprint density at radius 2 is 1.91 bits per heavy atom. The fraction of sp³-hybridized carbons (Fsp3) is 0.174. The number of hydrogen-bond donors (Lipinski definition) is 4. The van der Waals surface area contributed by atoms with Crippen LogP contribution in [0, 0.1) is 6.92 Å². The number of carbonyl (C=O) groups is 1. The molecule has 0 aliphatic carbocycles. The highest BCUT2D eigenvalue weighted by Gasteiger charge is 2.22. The Kier molecular flexibility index (Phi) is 5.53. The van der Waals surface area contributed by atoms with E-state index in [0.29, 0.717) is 46.6 Å². The molecule has 0 saturated heterocycles. The minimum Gasteiger partial charge on any atom is -0.461 e. The van der Waals surface area contributed by atoms with Crippen molar-refractivity contribution in [3.8, 4) is 11.6 Å². The van der Waals surface area contributed by atoms with Gasteiger partial charge in [-0.15, -0.1) is 0 Å². The Balaban J connectivity index is 1.56. The molecule has 12 heteroatoms. The molecule has 0 bridgehead atoms. The number of nitrogens with one attached hydrogen (secondary N) is 2. The first-order valence-corrected chi connectivity index (χ1v) is 11.0. The molecule has 1 amide bonds. The number of amides is 1. The Morgan fingerprint density at radius 3 is 2.63 bits per heavy atom. The van der Waals surface area contributed by atoms with Gasteiger partial charge >= 0.3 is 0 Å². The van der Waals surface area contributed by atoms with Gasteiger partial charge in [-0.1, -0.05) is 0 Å². The maximum atomic E-state index is 13.1. The van der Waals surface area contributed by atoms with Gasteiger partial charge < -0.3 is 26.5 Å². The summed E-state index contributed by atoms with van der Waals surface area (Å²) in [6.07, 6.45) is 1.54. The van der Waals surface area contributed by atoms with Gasteiger partial charge in [0.05, 0.1) is 12.0 Å². The van der Waals surface area contributed by atoms with E-state index in [0.717, 1.165) is 11.4 Å². The SMILES string of the molecule is CCn1nc(C)cc1NC(=O)Cn1c(-c2ccco2)nc2c(Nc3ccc(N)cc3)nc(N)nc21. The number of fused-ring (bicyclic) bond motifs is 1. The smallest absolute Gasteiger partial charge is 0.245 e. The molecule has 0 unspecified atom stereocenters. The number of hydrogen-bond acceptors (Lipinski definition) is 9. The Bertz CT molecular complexity index is 1500. The predicted molar refractivity (Wildman–Crippen MR) is 133 cm³/mol. The standard InChI is InChI=1S/C23H24N10O2/c1-3-33-17(11-13(2)31-33)27-18(34)12-32-21(16-5-4-10-35-16)28-19-20(29-23(25)30-22(19)32)26-15-8-6-14(24)7-9-15/h4-11H,3,12,24H2,1-2H3,(H,27,34)(H3,25,26,29,30). The van der Waals surface area contributed by atoms with Crippen molar-refractivity contribution >= 4 is 46.0 Å². The fourth-order valence-corrected chi connectivity index (χ4v) is 3.76. The van der Waals surface area contributed by atoms with Crippen LogP contribution in [0.2, 0.25) is 0 Å². The number of furan rings is 1. The van der Waals surface area contributed by atoms with E-state index >= 15 is 0 Å². The zero-order chi connectivity index (χ0) is 24.5. The van der Waals surface area contributed by atoms with Crippen molar-refractivity contribution in [3.63, 3.8) is 0 Å². The second kappa shape index (κ2) is 8.82. The Hall–Kier alpha value is -4.87. The van der Waals surface area contributed by atoms with Crippen molar-refractivity contribution in [3.05, 3.63) is 54.4 Å². The number of rotatable bonds is 7. The van der Waals surface area contributed by atoms with Crippen molar-refractivity contribution in [2.75, 3.05) is 22.1 Å². The average molecular weight is 473 g/mol. The molecule has 4 aromatic heterocycles. The fourth-order valence-electron chi connectivity index (χ4n) is 3.76. The molecule has 0 fully saturated rings. The monoisotopic (exact) mass is 472 g/mol. The highest BCUT2D eigenvalue weighted by Crippen LogP contribution is 2.30. The van der Waals surface area contributed by atoms with Crippen molar-refractivity contribution in [2.24, 2.45) is 0 Å². The molecule has 1 aromatic carbocycles. The van der Waals surface area contributed by atoms with Crippen LogP contribution >= 0.6 is 0 Å². The first-order valence-electron chi connectivity index (χ1n) is 11.0. The summed E-state index contributed by atoms with van der Waals surface area (Å²) in [4.78, 5) is 26.5. The molecule has 0 aliphatic heterocycles. The average Bonchev–Trinajstić information content (AvgIpc) is 3.55. The Morgan fingerprint density at radius 1 is 1.11 bits per heavy atom. The number of imidazole rings is 1. The van der Waals surface area contributed by atoms with E-state index < -0.39 is 0 Å². The minimum atomic E-state index is -0.281. The summed E-state index contributed by atoms with van der Waals surface area (Å²) in [6.45, 7) is 4.36. The second-order valence-corrected chi connectivity index (χ2v) is 7.88. The molecule has 178 valence electrons. The van der Waals surface area contributed by atoms with Crippen LogP contribution in [0.5, 0.6) is 0 Å². The van der Waals surface area contributed by atoms with Gasteiger partial charge in [-0.2, -0.15) is 15.1 Å². The minimum absolute atomic E-state index is 0.0303. The molecule has 5 aromatic rings. The molecule has 0 aliphatic rings. The van der Waals surface area contributed by atoms with Gasteiger partial charge in [0.1, 0.15) is 12.4 Å². The summed E-state index contributed by atoms with van der Waals surface area (Å²) in [5.41, 5.74) is 14.8. The van der Waals surface area contributed by atoms with Crippen LogP contribution in [0.1, 0.15) is 12.6 Å². The van der Waals surface area contributed by atoms with E-state index in [1.54, 1.807) is 33.5 Å². The molecule has 0 saturated carbocycles. The number of carbonyl (C=O) groups excluding carboxylic acids is 1. The zero-order valence-corrected chi connectivity index (χ0v) is 19.2. The summed E-state index contributed by atoms with van der Waals surface area (Å²) < 4.78 is 8.96. The summed E-state index contributed by atoms with van der Waals surface area (Å²) in [6, 6.07) is 12.5. The number of aryl methyl sites for hydroxylation is 2. The van der Waals surface area contributed by atoms with Crippen molar-refractivity contribution in [2.45, 2.75) is 26.9 Å². The number of nitrogen functional groups attached to an aromatic ring is 2. The van der Waals surface area contributed by atoms with E-state index in [4.69, 9.17) is 20.9 Å². The molecule has 4 heterocycles. The largest absolute Gasteiger partial charge is 0.461 e. The number of benzene rings is 1. The highest BCUT2D eigenvalue weighted by atomic mass is 16.3. The van der Waals surface area contributed by atoms with E-state index in [1.807, 2.05) is 32.0 Å². The lowest BCUT2D eigenvalue weighted by atomic mass is 10.3. The number of nitrogens with two attached hydrogens (primary N) is 2. The van der Waals surface area contributed by atoms with Crippen LogP contribution in [0.15, 0.2) is 53.1 Å². The van der Waals surface area contributed by atoms with Gasteiger partial charge in [0, 0.05) is 24.0 Å². The molecule has 12 nitrogen and oxygen atoms in total. The normalized spacial score (nSPS) is 11.1. The van der Waals surface area contributed by atoms with Gasteiger partial charge in [-0.3, -0.25) is 9.36 Å². The predicted octanol–water partition coefficient (Wildman–Crippen LogP) is 3.16. The molecular weight excluding hydrogens is 448 g/mol. The van der Waals surface area contributed by atoms with Crippen LogP contribution in [-0.2, 0) is 17.9 Å². The highest BCUT2D eigenvalue weighted by molar-refractivity contribution is 5.93. The molecule has 6 N–H and O–H groups in total. The van der Waals surface area contributed by atoms with E-state index in [2.05, 4.69) is 25.7 Å². The molecule has 5 rings (SSSR count). The van der Waals surface area contributed by atoms with Gasteiger partial charge in [-0.25, -0.2) is 9.67 Å². The van der Waals surface area contributed by atoms with Crippen LogP contribution in [-0.4, -0.2) is 35.2 Å². The van der Waals surface area contributed by atoms with Crippen molar-refractivity contribution in [1.29, 1.82) is 0 Å². The lowest BCUT2D eigenvalue weighted by Crippen LogP contribution is -2.21. The van der Waals surface area contributed by atoms with Gasteiger partial charge in [0.25, 0.3) is 0 Å². The lowest BCUT2D eigenvalue weighted by molar-refractivity contribution is -0.116. The summed E-state index contributed by atoms with van der Waals surface area (Å²) in [5.74, 6) is 1.64. The molecule has 35 heavy (non-hydrogen) atoms. The van der Waals surface area contributed by atoms with Crippen molar-refractivity contribution in [1.82, 2.24) is 29.3 Å². The third-order valence-corrected chi connectivity index (χ3v) is 5.30. The number of aromatic nitrogens is 6. The van der Waals surface area contributed by atoms with Crippen LogP contribution in [0.3, 0.4) is 0 Å². The molecule has 0 atom stereocenters. The lowest BCUT2D eigenvalue weighted by Gasteiger charge is -2.10. The summed E-state index contributed by atoms with van der Waals surface area (Å²) >= 11 is 0. The summed E-state index contributed by atoms with van der Waals surface area (Å²) in [5, 5.41) is 10.5. The first-order chi connectivity index (χ1) is 16.9. The number of anilines is 5. The molecule has 0 radical (unpaired) electrons.